The summed E-state index contributed by atoms with van der Waals surface area (Å²) in [5.41, 5.74) is 2.58. The number of aryl methyl sites for hydroxylation is 2. The molecule has 0 bridgehead atoms. The molecule has 1 N–H and O–H groups in total. The summed E-state index contributed by atoms with van der Waals surface area (Å²) in [5, 5.41) is 13.2. The number of furan rings is 1. The minimum atomic E-state index is -0.684. The first-order valence-corrected chi connectivity index (χ1v) is 11.0. The number of aliphatic hydroxyl groups is 1. The summed E-state index contributed by atoms with van der Waals surface area (Å²) in [6, 6.07) is 10.2. The van der Waals surface area contributed by atoms with E-state index >= 15 is 0 Å². The summed E-state index contributed by atoms with van der Waals surface area (Å²) in [6.07, 6.45) is 3.28. The topological polar surface area (TPSA) is 80.0 Å². The Kier molecular flexibility index (Phi) is 4.90. The van der Waals surface area contributed by atoms with Crippen LogP contribution in [0.15, 0.2) is 58.0 Å². The molecule has 1 unspecified atom stereocenters. The molecule has 0 spiro atoms. The van der Waals surface area contributed by atoms with E-state index in [0.717, 1.165) is 34.6 Å². The highest BCUT2D eigenvalue weighted by atomic mass is 32.1. The lowest BCUT2D eigenvalue weighted by molar-refractivity contribution is -0.140. The lowest BCUT2D eigenvalue weighted by atomic mass is 9.96. The molecular formula is C24H21NO5S. The van der Waals surface area contributed by atoms with E-state index in [4.69, 9.17) is 9.15 Å². The van der Waals surface area contributed by atoms with Crippen LogP contribution in [-0.4, -0.2) is 28.3 Å². The molecule has 31 heavy (non-hydrogen) atoms. The number of Topliss-reactive ketones (excluding diaryl/α,β-unsaturated/α-hetero) is 1. The van der Waals surface area contributed by atoms with E-state index in [1.54, 1.807) is 18.2 Å². The Morgan fingerprint density at radius 2 is 2.13 bits per heavy atom. The number of likely N-dealkylation sites (tertiary alicyclic amines) is 1. The molecule has 2 aliphatic rings. The maximum Gasteiger partial charge on any atom is 0.296 e. The highest BCUT2D eigenvalue weighted by Gasteiger charge is 2.47. The van der Waals surface area contributed by atoms with Gasteiger partial charge in [-0.2, -0.15) is 0 Å². The number of benzene rings is 1. The van der Waals surface area contributed by atoms with Crippen LogP contribution in [0, 0.1) is 6.92 Å². The smallest absolute Gasteiger partial charge is 0.296 e. The third-order valence-corrected chi connectivity index (χ3v) is 6.85. The number of ether oxygens (including phenoxy) is 1. The van der Waals surface area contributed by atoms with Gasteiger partial charge in [-0.1, -0.05) is 0 Å². The molecule has 1 atom stereocenters. The first kappa shape index (κ1) is 19.6. The normalized spacial score (nSPS) is 20.0. The largest absolute Gasteiger partial charge is 0.507 e. The van der Waals surface area contributed by atoms with Crippen LogP contribution in [0.4, 0.5) is 0 Å². The summed E-state index contributed by atoms with van der Waals surface area (Å²) < 4.78 is 11.1. The molecule has 6 nitrogen and oxygen atoms in total. The number of ketones is 1. The number of thiophene rings is 1. The van der Waals surface area contributed by atoms with Crippen LogP contribution >= 0.6 is 11.3 Å². The Labute approximate surface area is 183 Å². The van der Waals surface area contributed by atoms with Crippen molar-refractivity contribution in [1.29, 1.82) is 0 Å². The van der Waals surface area contributed by atoms with Crippen LogP contribution in [0.2, 0.25) is 0 Å². The summed E-state index contributed by atoms with van der Waals surface area (Å²) in [6.45, 7) is 2.76. The maximum atomic E-state index is 13.1. The minimum absolute atomic E-state index is 0.110. The van der Waals surface area contributed by atoms with E-state index in [-0.39, 0.29) is 17.9 Å². The monoisotopic (exact) mass is 435 g/mol. The van der Waals surface area contributed by atoms with Crippen molar-refractivity contribution in [2.24, 2.45) is 0 Å². The fourth-order valence-corrected chi connectivity index (χ4v) is 5.26. The third-order valence-electron chi connectivity index (χ3n) is 5.78. The summed E-state index contributed by atoms with van der Waals surface area (Å²) in [5.74, 6) is -0.113. The van der Waals surface area contributed by atoms with Gasteiger partial charge in [0.25, 0.3) is 11.7 Å². The Balaban J connectivity index is 1.64. The van der Waals surface area contributed by atoms with E-state index in [1.807, 2.05) is 30.5 Å². The van der Waals surface area contributed by atoms with Crippen molar-refractivity contribution in [3.05, 3.63) is 80.9 Å². The van der Waals surface area contributed by atoms with Gasteiger partial charge >= 0.3 is 0 Å². The van der Waals surface area contributed by atoms with Gasteiger partial charge in [-0.05, 0) is 72.7 Å². The minimum Gasteiger partial charge on any atom is -0.507 e. The summed E-state index contributed by atoms with van der Waals surface area (Å²) in [7, 11) is 0. The number of aliphatic hydroxyl groups excluding tert-OH is 1. The number of hydrogen-bond acceptors (Lipinski definition) is 6. The van der Waals surface area contributed by atoms with E-state index in [1.165, 1.54) is 22.5 Å². The molecule has 0 saturated carbocycles. The van der Waals surface area contributed by atoms with Gasteiger partial charge in [0.15, 0.2) is 0 Å². The van der Waals surface area contributed by atoms with E-state index in [0.29, 0.717) is 17.9 Å². The predicted octanol–water partition coefficient (Wildman–Crippen LogP) is 4.60. The van der Waals surface area contributed by atoms with E-state index in [2.05, 4.69) is 0 Å². The van der Waals surface area contributed by atoms with Crippen molar-refractivity contribution in [2.45, 2.75) is 32.4 Å². The second-order valence-electron chi connectivity index (χ2n) is 7.75. The maximum absolute atomic E-state index is 13.1. The molecule has 1 amide bonds. The van der Waals surface area contributed by atoms with E-state index in [9.17, 15) is 14.7 Å². The molecule has 7 heteroatoms. The van der Waals surface area contributed by atoms with Gasteiger partial charge in [-0.25, -0.2) is 0 Å². The highest BCUT2D eigenvalue weighted by Crippen LogP contribution is 2.43. The van der Waals surface area contributed by atoms with Crippen LogP contribution in [0.3, 0.4) is 0 Å². The molecule has 2 aliphatic heterocycles. The number of hydrogen-bond donors (Lipinski definition) is 1. The van der Waals surface area contributed by atoms with Gasteiger partial charge < -0.3 is 19.2 Å². The molecule has 4 heterocycles. The Morgan fingerprint density at radius 1 is 1.26 bits per heavy atom. The fraction of sp³-hybridized carbons (Fsp3) is 0.250. The number of rotatable bonds is 4. The van der Waals surface area contributed by atoms with E-state index < -0.39 is 17.7 Å². The highest BCUT2D eigenvalue weighted by molar-refractivity contribution is 7.10. The van der Waals surface area contributed by atoms with Crippen molar-refractivity contribution in [3.8, 4) is 5.75 Å². The second kappa shape index (κ2) is 7.74. The number of amides is 1. The van der Waals surface area contributed by atoms with Gasteiger partial charge in [0.2, 0.25) is 0 Å². The van der Waals surface area contributed by atoms with Crippen LogP contribution < -0.4 is 4.74 Å². The van der Waals surface area contributed by atoms with Crippen LogP contribution in [0.5, 0.6) is 5.75 Å². The third kappa shape index (κ3) is 3.35. The van der Waals surface area contributed by atoms with Gasteiger partial charge in [0.05, 0.1) is 25.0 Å². The molecular weight excluding hydrogens is 414 g/mol. The summed E-state index contributed by atoms with van der Waals surface area (Å²) in [4.78, 5) is 28.4. The Morgan fingerprint density at radius 3 is 2.87 bits per heavy atom. The van der Waals surface area contributed by atoms with Crippen LogP contribution in [0.25, 0.3) is 5.76 Å². The molecule has 158 valence electrons. The van der Waals surface area contributed by atoms with Gasteiger partial charge in [-0.3, -0.25) is 9.59 Å². The first-order valence-electron chi connectivity index (χ1n) is 10.2. The van der Waals surface area contributed by atoms with Crippen LogP contribution in [0.1, 0.15) is 39.8 Å². The summed E-state index contributed by atoms with van der Waals surface area (Å²) >= 11 is 1.46. The molecule has 1 fully saturated rings. The standard InChI is InChI=1S/C24H21NO5S/c1-14-8-11-31-23(14)20-19(22(27)24(28)25(20)13-17-5-3-9-29-17)21(26)16-6-7-18-15(12-16)4-2-10-30-18/h3,5-9,11-12,20,26H,2,4,10,13H2,1H3/b21-19-. The second-order valence-corrected chi connectivity index (χ2v) is 8.70. The Hall–Kier alpha value is -3.32. The average molecular weight is 436 g/mol. The molecule has 3 aromatic rings. The molecule has 0 aliphatic carbocycles. The number of fused-ring (bicyclic) bond motifs is 1. The zero-order chi connectivity index (χ0) is 21.5. The van der Waals surface area contributed by atoms with Crippen LogP contribution in [-0.2, 0) is 22.6 Å². The predicted molar refractivity (Wildman–Crippen MR) is 116 cm³/mol. The quantitative estimate of drug-likeness (QED) is 0.368. The van der Waals surface area contributed by atoms with Gasteiger partial charge in [0.1, 0.15) is 23.3 Å². The SMILES string of the molecule is Cc1ccsc1C1/C(=C(/O)c2ccc3c(c2)CCCO3)C(=O)C(=O)N1Cc1ccco1. The van der Waals surface area contributed by atoms with Crippen molar-refractivity contribution in [1.82, 2.24) is 4.90 Å². The van der Waals surface area contributed by atoms with Crippen molar-refractivity contribution in [3.63, 3.8) is 0 Å². The molecule has 1 saturated heterocycles. The average Bonchev–Trinajstić information content (AvgIpc) is 3.50. The van der Waals surface area contributed by atoms with Crippen molar-refractivity contribution < 1.29 is 23.8 Å². The molecule has 0 radical (unpaired) electrons. The number of carbonyl (C=O) groups is 2. The molecule has 2 aromatic heterocycles. The first-order chi connectivity index (χ1) is 15.0. The molecule has 5 rings (SSSR count). The Bertz CT molecular complexity index is 1190. The van der Waals surface area contributed by atoms with Crippen molar-refractivity contribution in [2.75, 3.05) is 6.61 Å². The van der Waals surface area contributed by atoms with Crippen molar-refractivity contribution >= 4 is 28.8 Å². The molecule has 1 aromatic carbocycles. The number of carbonyl (C=O) groups excluding carboxylic acids is 2. The lowest BCUT2D eigenvalue weighted by Crippen LogP contribution is -2.28. The zero-order valence-corrected chi connectivity index (χ0v) is 17.8. The van der Waals surface area contributed by atoms with Gasteiger partial charge in [-0.15, -0.1) is 11.3 Å². The zero-order valence-electron chi connectivity index (χ0n) is 17.0. The number of nitrogens with zero attached hydrogens (tertiary/aromatic N) is 1. The fourth-order valence-electron chi connectivity index (χ4n) is 4.21. The lowest BCUT2D eigenvalue weighted by Gasteiger charge is -2.24. The van der Waals surface area contributed by atoms with Gasteiger partial charge in [0, 0.05) is 10.4 Å².